The molecule has 3 rings (SSSR count). The molecule has 0 saturated carbocycles. The lowest BCUT2D eigenvalue weighted by molar-refractivity contribution is 0.0607. The van der Waals surface area contributed by atoms with Crippen molar-refractivity contribution in [3.05, 3.63) is 56.7 Å². The van der Waals surface area contributed by atoms with Crippen LogP contribution in [0.1, 0.15) is 25.8 Å². The zero-order chi connectivity index (χ0) is 18.8. The molecule has 1 aromatic carbocycles. The Labute approximate surface area is 156 Å². The second kappa shape index (κ2) is 7.27. The molecule has 134 valence electrons. The van der Waals surface area contributed by atoms with Gasteiger partial charge in [0.05, 0.1) is 23.4 Å². The highest BCUT2D eigenvalue weighted by atomic mass is 35.5. The van der Waals surface area contributed by atoms with Gasteiger partial charge in [-0.25, -0.2) is 9.18 Å². The Balaban J connectivity index is 2.01. The second-order valence-electron chi connectivity index (χ2n) is 5.17. The third-order valence-electron chi connectivity index (χ3n) is 3.57. The fourth-order valence-electron chi connectivity index (χ4n) is 2.38. The number of nitrogens with one attached hydrogen (secondary N) is 1. The summed E-state index contributed by atoms with van der Waals surface area (Å²) in [4.78, 5) is 24.7. The summed E-state index contributed by atoms with van der Waals surface area (Å²) in [6.07, 6.45) is 0. The molecule has 2 aromatic heterocycles. The summed E-state index contributed by atoms with van der Waals surface area (Å²) in [6.45, 7) is 1.52. The van der Waals surface area contributed by atoms with Crippen LogP contribution in [0.25, 0.3) is 11.3 Å². The van der Waals surface area contributed by atoms with Crippen molar-refractivity contribution in [1.82, 2.24) is 5.16 Å². The molecule has 9 heteroatoms. The van der Waals surface area contributed by atoms with Crippen molar-refractivity contribution >= 4 is 40.5 Å². The van der Waals surface area contributed by atoms with Crippen LogP contribution in [-0.2, 0) is 4.74 Å². The largest absolute Gasteiger partial charge is 0.465 e. The van der Waals surface area contributed by atoms with Crippen LogP contribution in [0, 0.1) is 12.7 Å². The molecule has 2 heterocycles. The normalized spacial score (nSPS) is 10.6. The minimum absolute atomic E-state index is 0.0158. The lowest BCUT2D eigenvalue weighted by atomic mass is 10.0. The smallest absolute Gasteiger partial charge is 0.350 e. The molecule has 0 unspecified atom stereocenters. The van der Waals surface area contributed by atoms with Gasteiger partial charge in [0.25, 0.3) is 5.91 Å². The van der Waals surface area contributed by atoms with E-state index in [9.17, 15) is 14.0 Å². The number of amides is 1. The Morgan fingerprint density at radius 2 is 2.12 bits per heavy atom. The number of rotatable bonds is 4. The first-order valence-corrected chi connectivity index (χ1v) is 8.57. The van der Waals surface area contributed by atoms with Crippen LogP contribution < -0.4 is 5.32 Å². The van der Waals surface area contributed by atoms with E-state index in [1.165, 1.54) is 32.2 Å². The molecule has 6 nitrogen and oxygen atoms in total. The number of esters is 1. The Morgan fingerprint density at radius 3 is 2.81 bits per heavy atom. The highest BCUT2D eigenvalue weighted by Crippen LogP contribution is 2.34. The Hall–Kier alpha value is -2.71. The first-order chi connectivity index (χ1) is 12.4. The molecular formula is C17H12ClFN2O4S. The summed E-state index contributed by atoms with van der Waals surface area (Å²) < 4.78 is 24.0. The quantitative estimate of drug-likeness (QED) is 0.657. The van der Waals surface area contributed by atoms with Crippen molar-refractivity contribution in [3.8, 4) is 11.3 Å². The van der Waals surface area contributed by atoms with Gasteiger partial charge in [0, 0.05) is 0 Å². The SMILES string of the molecule is COC(=O)c1sccc1NC(=O)c1c(-c2c(F)cccc2Cl)noc1C. The van der Waals surface area contributed by atoms with E-state index in [4.69, 9.17) is 16.1 Å². The van der Waals surface area contributed by atoms with E-state index in [1.54, 1.807) is 11.4 Å². The van der Waals surface area contributed by atoms with Crippen LogP contribution in [0.3, 0.4) is 0 Å². The molecule has 0 aliphatic rings. The number of aromatic nitrogens is 1. The molecule has 0 aliphatic carbocycles. The van der Waals surface area contributed by atoms with Crippen molar-refractivity contribution < 1.29 is 23.2 Å². The number of benzene rings is 1. The average molecular weight is 395 g/mol. The number of thiophene rings is 1. The molecule has 1 amide bonds. The van der Waals surface area contributed by atoms with Gasteiger partial charge in [-0.05, 0) is 30.5 Å². The van der Waals surface area contributed by atoms with Crippen molar-refractivity contribution in [2.75, 3.05) is 12.4 Å². The van der Waals surface area contributed by atoms with Gasteiger partial charge in [0.1, 0.15) is 27.7 Å². The van der Waals surface area contributed by atoms with Crippen LogP contribution in [0.5, 0.6) is 0 Å². The molecule has 0 aliphatic heterocycles. The summed E-state index contributed by atoms with van der Waals surface area (Å²) >= 11 is 7.19. The van der Waals surface area contributed by atoms with Crippen LogP contribution in [0.2, 0.25) is 5.02 Å². The Morgan fingerprint density at radius 1 is 1.35 bits per heavy atom. The number of nitrogens with zero attached hydrogens (tertiary/aromatic N) is 1. The third-order valence-corrected chi connectivity index (χ3v) is 4.78. The number of halogens is 2. The molecule has 3 aromatic rings. The van der Waals surface area contributed by atoms with E-state index in [1.807, 2.05) is 0 Å². The Bertz CT molecular complexity index is 978. The summed E-state index contributed by atoms with van der Waals surface area (Å²) in [5, 5.41) is 8.12. The van der Waals surface area contributed by atoms with Crippen LogP contribution in [0.4, 0.5) is 10.1 Å². The maximum atomic E-state index is 14.2. The van der Waals surface area contributed by atoms with Gasteiger partial charge in [0.2, 0.25) is 0 Å². The maximum Gasteiger partial charge on any atom is 0.350 e. The number of carbonyl (C=O) groups is 2. The number of methoxy groups -OCH3 is 1. The lowest BCUT2D eigenvalue weighted by Crippen LogP contribution is -2.15. The van der Waals surface area contributed by atoms with Gasteiger partial charge in [-0.2, -0.15) is 0 Å². The van der Waals surface area contributed by atoms with Gasteiger partial charge in [0.15, 0.2) is 0 Å². The van der Waals surface area contributed by atoms with E-state index in [0.29, 0.717) is 0 Å². The average Bonchev–Trinajstić information content (AvgIpc) is 3.21. The zero-order valence-electron chi connectivity index (χ0n) is 13.6. The molecule has 0 radical (unpaired) electrons. The Kier molecular flexibility index (Phi) is 5.06. The van der Waals surface area contributed by atoms with Gasteiger partial charge < -0.3 is 14.6 Å². The predicted molar refractivity (Wildman–Crippen MR) is 95.3 cm³/mol. The highest BCUT2D eigenvalue weighted by molar-refractivity contribution is 7.12. The van der Waals surface area contributed by atoms with Gasteiger partial charge >= 0.3 is 5.97 Å². The maximum absolute atomic E-state index is 14.2. The summed E-state index contributed by atoms with van der Waals surface area (Å²) in [5.74, 6) is -1.63. The fraction of sp³-hybridized carbons (Fsp3) is 0.118. The third kappa shape index (κ3) is 3.21. The fourth-order valence-corrected chi connectivity index (χ4v) is 3.40. The second-order valence-corrected chi connectivity index (χ2v) is 6.49. The molecular weight excluding hydrogens is 383 g/mol. The van der Waals surface area contributed by atoms with E-state index >= 15 is 0 Å². The summed E-state index contributed by atoms with van der Waals surface area (Å²) in [7, 11) is 1.25. The minimum Gasteiger partial charge on any atom is -0.465 e. The number of hydrogen-bond acceptors (Lipinski definition) is 6. The molecule has 26 heavy (non-hydrogen) atoms. The topological polar surface area (TPSA) is 81.4 Å². The van der Waals surface area contributed by atoms with Crippen LogP contribution >= 0.6 is 22.9 Å². The van der Waals surface area contributed by atoms with E-state index in [-0.39, 0.29) is 38.2 Å². The van der Waals surface area contributed by atoms with Gasteiger partial charge in [-0.3, -0.25) is 4.79 Å². The van der Waals surface area contributed by atoms with E-state index < -0.39 is 17.7 Å². The minimum atomic E-state index is -0.634. The predicted octanol–water partition coefficient (Wildman–Crippen LogP) is 4.54. The molecule has 0 spiro atoms. The summed E-state index contributed by atoms with van der Waals surface area (Å²) in [6, 6.07) is 5.70. The van der Waals surface area contributed by atoms with Crippen molar-refractivity contribution in [2.24, 2.45) is 0 Å². The lowest BCUT2D eigenvalue weighted by Gasteiger charge is -2.07. The zero-order valence-corrected chi connectivity index (χ0v) is 15.2. The number of anilines is 1. The molecule has 0 atom stereocenters. The van der Waals surface area contributed by atoms with E-state index in [0.717, 1.165) is 11.3 Å². The monoisotopic (exact) mass is 394 g/mol. The van der Waals surface area contributed by atoms with Crippen molar-refractivity contribution in [1.29, 1.82) is 0 Å². The van der Waals surface area contributed by atoms with Gasteiger partial charge in [-0.1, -0.05) is 22.8 Å². The molecule has 0 bridgehead atoms. The molecule has 0 fully saturated rings. The number of hydrogen-bond donors (Lipinski definition) is 1. The van der Waals surface area contributed by atoms with Crippen LogP contribution in [-0.4, -0.2) is 24.1 Å². The summed E-state index contributed by atoms with van der Waals surface area (Å²) in [5.41, 5.74) is 0.254. The molecule has 0 saturated heterocycles. The van der Waals surface area contributed by atoms with Crippen molar-refractivity contribution in [3.63, 3.8) is 0 Å². The number of carbonyl (C=O) groups excluding carboxylic acids is 2. The van der Waals surface area contributed by atoms with Gasteiger partial charge in [-0.15, -0.1) is 11.3 Å². The first kappa shape index (κ1) is 18.1. The first-order valence-electron chi connectivity index (χ1n) is 7.31. The number of ether oxygens (including phenoxy) is 1. The highest BCUT2D eigenvalue weighted by Gasteiger charge is 2.26. The standard InChI is InChI=1S/C17H12ClFN2O4S/c1-8-12(14(21-25-8)13-9(18)4-3-5-10(13)19)16(22)20-11-6-7-26-15(11)17(23)24-2/h3-7H,1-2H3,(H,20,22). The van der Waals surface area contributed by atoms with Crippen molar-refractivity contribution in [2.45, 2.75) is 6.92 Å². The van der Waals surface area contributed by atoms with Crippen LogP contribution in [0.15, 0.2) is 34.2 Å². The molecule has 1 N–H and O–H groups in total. The van der Waals surface area contributed by atoms with E-state index in [2.05, 4.69) is 15.2 Å². The number of aryl methyl sites for hydroxylation is 1.